The normalized spacial score (nSPS) is 19.2. The Labute approximate surface area is 155 Å². The van der Waals surface area contributed by atoms with Gasteiger partial charge in [0.05, 0.1) is 36.5 Å². The average Bonchev–Trinajstić information content (AvgIpc) is 3.18. The molecule has 3 rings (SSSR count). The third-order valence-corrected chi connectivity index (χ3v) is 6.60. The molecule has 0 saturated carbocycles. The molecule has 0 bridgehead atoms. The molecule has 1 atom stereocenters. The molecule has 0 unspecified atom stereocenters. The molecule has 134 valence electrons. The molecule has 1 saturated heterocycles. The molecular formula is C17H19BrN2O4S. The number of amides is 1. The lowest BCUT2D eigenvalue weighted by atomic mass is 10.2. The van der Waals surface area contributed by atoms with Crippen LogP contribution in [0.15, 0.2) is 51.6 Å². The number of hydrogen-bond acceptors (Lipinski definition) is 5. The fourth-order valence-corrected chi connectivity index (χ4v) is 5.06. The summed E-state index contributed by atoms with van der Waals surface area (Å²) < 4.78 is 29.8. The molecule has 0 spiro atoms. The van der Waals surface area contributed by atoms with E-state index in [0.29, 0.717) is 24.4 Å². The minimum Gasteiger partial charge on any atom is -0.468 e. The first-order valence-electron chi connectivity index (χ1n) is 7.94. The van der Waals surface area contributed by atoms with Gasteiger partial charge in [0.1, 0.15) is 5.76 Å². The summed E-state index contributed by atoms with van der Waals surface area (Å²) in [5, 5.41) is 2.86. The number of furan rings is 1. The summed E-state index contributed by atoms with van der Waals surface area (Å²) in [6.07, 6.45) is 2.10. The fourth-order valence-electron chi connectivity index (χ4n) is 2.92. The average molecular weight is 427 g/mol. The molecule has 1 aromatic heterocycles. The number of benzene rings is 1. The Bertz CT molecular complexity index is 836. The molecule has 1 aliphatic rings. The first kappa shape index (κ1) is 18.2. The van der Waals surface area contributed by atoms with Gasteiger partial charge in [-0.05, 0) is 46.6 Å². The van der Waals surface area contributed by atoms with Gasteiger partial charge in [-0.2, -0.15) is 0 Å². The summed E-state index contributed by atoms with van der Waals surface area (Å²) in [5.74, 6) is 0.759. The Kier molecular flexibility index (Phi) is 5.61. The summed E-state index contributed by atoms with van der Waals surface area (Å²) in [6, 6.07) is 10.8. The second-order valence-corrected chi connectivity index (χ2v) is 9.15. The van der Waals surface area contributed by atoms with Crippen molar-refractivity contribution in [3.63, 3.8) is 0 Å². The number of rotatable bonds is 6. The molecule has 6 nitrogen and oxygen atoms in total. The Morgan fingerprint density at radius 1 is 1.28 bits per heavy atom. The highest BCUT2D eigenvalue weighted by atomic mass is 79.9. The minimum atomic E-state index is -3.03. The van der Waals surface area contributed by atoms with Crippen LogP contribution in [0, 0.1) is 0 Å². The van der Waals surface area contributed by atoms with Crippen molar-refractivity contribution in [3.05, 3.63) is 52.9 Å². The van der Waals surface area contributed by atoms with Crippen molar-refractivity contribution >= 4 is 37.4 Å². The van der Waals surface area contributed by atoms with E-state index in [4.69, 9.17) is 4.42 Å². The predicted octanol–water partition coefficient (Wildman–Crippen LogP) is 2.67. The monoisotopic (exact) mass is 426 g/mol. The summed E-state index contributed by atoms with van der Waals surface area (Å²) in [6.45, 7) is 0.499. The highest BCUT2D eigenvalue weighted by molar-refractivity contribution is 9.10. The first-order valence-corrected chi connectivity index (χ1v) is 10.6. The van der Waals surface area contributed by atoms with Crippen molar-refractivity contribution in [1.29, 1.82) is 0 Å². The maximum Gasteiger partial charge on any atom is 0.238 e. The van der Waals surface area contributed by atoms with Gasteiger partial charge in [0.25, 0.3) is 0 Å². The van der Waals surface area contributed by atoms with E-state index in [2.05, 4.69) is 21.2 Å². The molecule has 1 amide bonds. The number of para-hydroxylation sites is 1. The smallest absolute Gasteiger partial charge is 0.238 e. The number of sulfone groups is 1. The molecule has 8 heteroatoms. The van der Waals surface area contributed by atoms with E-state index in [1.165, 1.54) is 0 Å². The molecular weight excluding hydrogens is 408 g/mol. The van der Waals surface area contributed by atoms with Crippen LogP contribution in [0.25, 0.3) is 0 Å². The molecule has 0 radical (unpaired) electrons. The maximum absolute atomic E-state index is 12.5. The van der Waals surface area contributed by atoms with E-state index in [9.17, 15) is 13.2 Å². The van der Waals surface area contributed by atoms with Crippen molar-refractivity contribution in [2.24, 2.45) is 0 Å². The van der Waals surface area contributed by atoms with Gasteiger partial charge in [0.2, 0.25) is 5.91 Å². The number of carbonyl (C=O) groups excluding carboxylic acids is 1. The SMILES string of the molecule is O=C(CN(Cc1ccco1)[C@H]1CCS(=O)(=O)C1)Nc1ccccc1Br. The highest BCUT2D eigenvalue weighted by Crippen LogP contribution is 2.23. The van der Waals surface area contributed by atoms with Gasteiger partial charge in [-0.15, -0.1) is 0 Å². The molecule has 1 aromatic carbocycles. The van der Waals surface area contributed by atoms with Crippen LogP contribution in [-0.2, 0) is 21.2 Å². The van der Waals surface area contributed by atoms with Crippen LogP contribution < -0.4 is 5.32 Å². The number of anilines is 1. The van der Waals surface area contributed by atoms with E-state index in [1.807, 2.05) is 29.2 Å². The number of halogens is 1. The van der Waals surface area contributed by atoms with Crippen molar-refractivity contribution in [2.75, 3.05) is 23.4 Å². The zero-order valence-electron chi connectivity index (χ0n) is 13.5. The van der Waals surface area contributed by atoms with Crippen LogP contribution in [0.4, 0.5) is 5.69 Å². The predicted molar refractivity (Wildman–Crippen MR) is 98.9 cm³/mol. The summed E-state index contributed by atoms with van der Waals surface area (Å²) in [7, 11) is -3.03. The second kappa shape index (κ2) is 7.72. The van der Waals surface area contributed by atoms with E-state index in [-0.39, 0.29) is 30.0 Å². The molecule has 1 aliphatic heterocycles. The molecule has 25 heavy (non-hydrogen) atoms. The topological polar surface area (TPSA) is 79.6 Å². The van der Waals surface area contributed by atoms with Crippen LogP contribution in [0.2, 0.25) is 0 Å². The largest absolute Gasteiger partial charge is 0.468 e. The van der Waals surface area contributed by atoms with Crippen molar-refractivity contribution in [1.82, 2.24) is 4.90 Å². The Morgan fingerprint density at radius 3 is 2.72 bits per heavy atom. The van der Waals surface area contributed by atoms with Gasteiger partial charge in [-0.25, -0.2) is 8.42 Å². The van der Waals surface area contributed by atoms with Gasteiger partial charge in [-0.3, -0.25) is 9.69 Å². The Morgan fingerprint density at radius 2 is 2.08 bits per heavy atom. The van der Waals surface area contributed by atoms with Crippen molar-refractivity contribution in [3.8, 4) is 0 Å². The zero-order chi connectivity index (χ0) is 17.9. The van der Waals surface area contributed by atoms with Crippen LogP contribution in [0.1, 0.15) is 12.2 Å². The Balaban J connectivity index is 1.70. The van der Waals surface area contributed by atoms with Gasteiger partial charge >= 0.3 is 0 Å². The van der Waals surface area contributed by atoms with Crippen LogP contribution in [-0.4, -0.2) is 43.3 Å². The Hall–Kier alpha value is -1.64. The third-order valence-electron chi connectivity index (χ3n) is 4.16. The number of hydrogen-bond donors (Lipinski definition) is 1. The van der Waals surface area contributed by atoms with Crippen LogP contribution >= 0.6 is 15.9 Å². The lowest BCUT2D eigenvalue weighted by Crippen LogP contribution is -2.41. The molecule has 1 fully saturated rings. The zero-order valence-corrected chi connectivity index (χ0v) is 15.9. The quantitative estimate of drug-likeness (QED) is 0.767. The molecule has 0 aliphatic carbocycles. The third kappa shape index (κ3) is 4.93. The first-order chi connectivity index (χ1) is 11.9. The summed E-state index contributed by atoms with van der Waals surface area (Å²) in [5.41, 5.74) is 0.685. The summed E-state index contributed by atoms with van der Waals surface area (Å²) >= 11 is 3.40. The minimum absolute atomic E-state index is 0.0794. The van der Waals surface area contributed by atoms with Gasteiger partial charge < -0.3 is 9.73 Å². The lowest BCUT2D eigenvalue weighted by molar-refractivity contribution is -0.118. The van der Waals surface area contributed by atoms with E-state index in [1.54, 1.807) is 18.4 Å². The second-order valence-electron chi connectivity index (χ2n) is 6.07. The van der Waals surface area contributed by atoms with Crippen molar-refractivity contribution < 1.29 is 17.6 Å². The molecule has 2 heterocycles. The lowest BCUT2D eigenvalue weighted by Gasteiger charge is -2.26. The molecule has 2 aromatic rings. The standard InChI is InChI=1S/C17H19BrN2O4S/c18-15-5-1-2-6-16(15)19-17(21)11-20(10-14-4-3-8-24-14)13-7-9-25(22,23)12-13/h1-6,8,13H,7,9-12H2,(H,19,21)/t13-/m0/s1. The summed E-state index contributed by atoms with van der Waals surface area (Å²) in [4.78, 5) is 14.3. The highest BCUT2D eigenvalue weighted by Gasteiger charge is 2.33. The van der Waals surface area contributed by atoms with E-state index >= 15 is 0 Å². The van der Waals surface area contributed by atoms with Crippen LogP contribution in [0.3, 0.4) is 0 Å². The number of carbonyl (C=O) groups is 1. The number of nitrogens with zero attached hydrogens (tertiary/aromatic N) is 1. The van der Waals surface area contributed by atoms with Crippen LogP contribution in [0.5, 0.6) is 0 Å². The van der Waals surface area contributed by atoms with E-state index in [0.717, 1.165) is 4.47 Å². The number of nitrogens with one attached hydrogen (secondary N) is 1. The molecule has 1 N–H and O–H groups in total. The maximum atomic E-state index is 12.5. The van der Waals surface area contributed by atoms with E-state index < -0.39 is 9.84 Å². The van der Waals surface area contributed by atoms with Crippen molar-refractivity contribution in [2.45, 2.75) is 19.0 Å². The van der Waals surface area contributed by atoms with Gasteiger partial charge in [0.15, 0.2) is 9.84 Å². The van der Waals surface area contributed by atoms with Gasteiger partial charge in [-0.1, -0.05) is 12.1 Å². The van der Waals surface area contributed by atoms with Gasteiger partial charge in [0, 0.05) is 10.5 Å². The fraction of sp³-hybridized carbons (Fsp3) is 0.353.